The van der Waals surface area contributed by atoms with Crippen molar-refractivity contribution in [3.63, 3.8) is 0 Å². The van der Waals surface area contributed by atoms with Crippen LogP contribution in [0.2, 0.25) is 0 Å². The maximum atomic E-state index is 13.1. The van der Waals surface area contributed by atoms with Crippen LogP contribution in [-0.2, 0) is 4.79 Å². The Morgan fingerprint density at radius 1 is 1.15 bits per heavy atom. The van der Waals surface area contributed by atoms with E-state index in [1.807, 2.05) is 11.6 Å². The van der Waals surface area contributed by atoms with Crippen molar-refractivity contribution in [3.05, 3.63) is 11.6 Å². The lowest BCUT2D eigenvalue weighted by Gasteiger charge is -2.57. The van der Waals surface area contributed by atoms with Crippen molar-refractivity contribution in [3.8, 4) is 0 Å². The van der Waals surface area contributed by atoms with Crippen molar-refractivity contribution >= 4 is 22.4 Å². The van der Waals surface area contributed by atoms with Crippen LogP contribution < -0.4 is 10.2 Å². The second kappa shape index (κ2) is 6.48. The average Bonchev–Trinajstić information content (AvgIpc) is 3.14. The largest absolute Gasteiger partial charge is 0.349 e. The molecular formula is C20H30N4OS. The zero-order valence-electron chi connectivity index (χ0n) is 15.7. The van der Waals surface area contributed by atoms with Gasteiger partial charge in [0.2, 0.25) is 5.91 Å². The van der Waals surface area contributed by atoms with E-state index in [-0.39, 0.29) is 17.5 Å². The van der Waals surface area contributed by atoms with Gasteiger partial charge in [-0.1, -0.05) is 0 Å². The number of nitrogens with one attached hydrogen (secondary N) is 1. The summed E-state index contributed by atoms with van der Waals surface area (Å²) in [5, 5.41) is 6.69. The Balaban J connectivity index is 1.19. The molecule has 0 aromatic carbocycles. The second-order valence-corrected chi connectivity index (χ2v) is 10.1. The number of carbonyl (C=O) groups excluding carboxylic acids is 1. The molecule has 5 fully saturated rings. The molecule has 0 spiro atoms. The third-order valence-corrected chi connectivity index (χ3v) is 8.19. The van der Waals surface area contributed by atoms with Gasteiger partial charge in [0, 0.05) is 43.3 Å². The molecule has 4 aliphatic carbocycles. The number of carbonyl (C=O) groups is 1. The van der Waals surface area contributed by atoms with Crippen molar-refractivity contribution in [1.82, 2.24) is 15.2 Å². The molecule has 142 valence electrons. The number of hydrogen-bond acceptors (Lipinski definition) is 5. The maximum Gasteiger partial charge on any atom is 0.237 e. The van der Waals surface area contributed by atoms with E-state index < -0.39 is 0 Å². The highest BCUT2D eigenvalue weighted by atomic mass is 32.1. The zero-order chi connectivity index (χ0) is 17.7. The maximum absolute atomic E-state index is 13.1. The number of amides is 1. The molecule has 5 aliphatic rings. The SMILES string of the molecule is CC(C(=O)NC12CC3CC(CC(C3)C1)C2)N1CCN(c2nccs2)CC1. The number of anilines is 1. The highest BCUT2D eigenvalue weighted by Crippen LogP contribution is 2.55. The predicted octanol–water partition coefficient (Wildman–Crippen LogP) is 2.74. The number of nitrogens with zero attached hydrogens (tertiary/aromatic N) is 3. The lowest BCUT2D eigenvalue weighted by molar-refractivity contribution is -0.131. The van der Waals surface area contributed by atoms with E-state index in [2.05, 4.69) is 27.0 Å². The number of aromatic nitrogens is 1. The molecule has 26 heavy (non-hydrogen) atoms. The van der Waals surface area contributed by atoms with E-state index in [0.717, 1.165) is 49.1 Å². The van der Waals surface area contributed by atoms with Crippen molar-refractivity contribution in [1.29, 1.82) is 0 Å². The molecule has 1 aromatic heterocycles. The fourth-order valence-corrected chi connectivity index (χ4v) is 7.16. The number of thiazole rings is 1. The van der Waals surface area contributed by atoms with Gasteiger partial charge in [0.05, 0.1) is 6.04 Å². The molecule has 4 bridgehead atoms. The molecule has 6 rings (SSSR count). The van der Waals surface area contributed by atoms with Gasteiger partial charge in [0.25, 0.3) is 0 Å². The third-order valence-electron chi connectivity index (χ3n) is 7.36. The average molecular weight is 375 g/mol. The van der Waals surface area contributed by atoms with Crippen LogP contribution in [0.4, 0.5) is 5.13 Å². The smallest absolute Gasteiger partial charge is 0.237 e. The molecular weight excluding hydrogens is 344 g/mol. The summed E-state index contributed by atoms with van der Waals surface area (Å²) in [7, 11) is 0. The first-order chi connectivity index (χ1) is 12.6. The monoisotopic (exact) mass is 374 g/mol. The minimum absolute atomic E-state index is 0.0264. The normalized spacial score (nSPS) is 37.7. The highest BCUT2D eigenvalue weighted by molar-refractivity contribution is 7.13. The second-order valence-electron chi connectivity index (χ2n) is 9.20. The van der Waals surface area contributed by atoms with Gasteiger partial charge in [-0.25, -0.2) is 4.98 Å². The Morgan fingerprint density at radius 2 is 1.77 bits per heavy atom. The van der Waals surface area contributed by atoms with Gasteiger partial charge in [-0.15, -0.1) is 11.3 Å². The van der Waals surface area contributed by atoms with E-state index >= 15 is 0 Å². The summed E-state index contributed by atoms with van der Waals surface area (Å²) in [6.45, 7) is 5.89. The Bertz CT molecular complexity index is 617. The molecule has 1 atom stereocenters. The van der Waals surface area contributed by atoms with E-state index in [0.29, 0.717) is 0 Å². The first-order valence-corrected chi connectivity index (χ1v) is 11.2. The molecule has 2 heterocycles. The minimum Gasteiger partial charge on any atom is -0.349 e. The fourth-order valence-electron chi connectivity index (χ4n) is 6.47. The van der Waals surface area contributed by atoms with Crippen molar-refractivity contribution < 1.29 is 4.79 Å². The summed E-state index contributed by atoms with van der Waals surface area (Å²) >= 11 is 1.70. The Morgan fingerprint density at radius 3 is 2.31 bits per heavy atom. The lowest BCUT2D eigenvalue weighted by Crippen LogP contribution is -2.63. The van der Waals surface area contributed by atoms with Crippen LogP contribution in [0.25, 0.3) is 0 Å². The molecule has 1 aromatic rings. The predicted molar refractivity (Wildman–Crippen MR) is 104 cm³/mol. The number of piperazine rings is 1. The van der Waals surface area contributed by atoms with Gasteiger partial charge in [0.1, 0.15) is 0 Å². The van der Waals surface area contributed by atoms with Gasteiger partial charge < -0.3 is 10.2 Å². The van der Waals surface area contributed by atoms with Crippen LogP contribution in [0, 0.1) is 17.8 Å². The number of rotatable bonds is 4. The Kier molecular flexibility index (Phi) is 4.24. The van der Waals surface area contributed by atoms with Gasteiger partial charge in [-0.3, -0.25) is 9.69 Å². The van der Waals surface area contributed by atoms with Gasteiger partial charge in [-0.05, 0) is 63.2 Å². The van der Waals surface area contributed by atoms with E-state index in [1.54, 1.807) is 11.3 Å². The molecule has 1 aliphatic heterocycles. The minimum atomic E-state index is -0.0264. The summed E-state index contributed by atoms with van der Waals surface area (Å²) < 4.78 is 0. The Labute approximate surface area is 160 Å². The standard InChI is InChI=1S/C20H30N4OS/c1-14(23-3-5-24(6-4-23)19-21-2-7-26-19)18(25)22-20-11-15-8-16(12-20)10-17(9-15)13-20/h2,7,14-17H,3-6,8-13H2,1H3,(H,22,25). The van der Waals surface area contributed by atoms with E-state index in [4.69, 9.17) is 0 Å². The quantitative estimate of drug-likeness (QED) is 0.880. The summed E-state index contributed by atoms with van der Waals surface area (Å²) in [5.74, 6) is 2.88. The van der Waals surface area contributed by atoms with Crippen LogP contribution in [0.3, 0.4) is 0 Å². The van der Waals surface area contributed by atoms with Crippen LogP contribution >= 0.6 is 11.3 Å². The first-order valence-electron chi connectivity index (χ1n) is 10.3. The molecule has 4 saturated carbocycles. The van der Waals surface area contributed by atoms with Gasteiger partial charge in [-0.2, -0.15) is 0 Å². The molecule has 1 saturated heterocycles. The fraction of sp³-hybridized carbons (Fsp3) is 0.800. The third kappa shape index (κ3) is 3.05. The van der Waals surface area contributed by atoms with Crippen molar-refractivity contribution in [2.75, 3.05) is 31.1 Å². The van der Waals surface area contributed by atoms with E-state index in [9.17, 15) is 4.79 Å². The van der Waals surface area contributed by atoms with Crippen LogP contribution in [0.15, 0.2) is 11.6 Å². The van der Waals surface area contributed by atoms with Crippen LogP contribution in [0.5, 0.6) is 0 Å². The zero-order valence-corrected chi connectivity index (χ0v) is 16.5. The molecule has 1 amide bonds. The molecule has 1 N–H and O–H groups in total. The Hall–Kier alpha value is -1.14. The summed E-state index contributed by atoms with van der Waals surface area (Å²) in [6, 6.07) is -0.0264. The molecule has 1 unspecified atom stereocenters. The molecule has 5 nitrogen and oxygen atoms in total. The summed E-state index contributed by atoms with van der Waals surface area (Å²) in [6.07, 6.45) is 9.82. The van der Waals surface area contributed by atoms with Gasteiger partial charge in [0.15, 0.2) is 5.13 Å². The summed E-state index contributed by atoms with van der Waals surface area (Å²) in [4.78, 5) is 22.2. The van der Waals surface area contributed by atoms with Gasteiger partial charge >= 0.3 is 0 Å². The van der Waals surface area contributed by atoms with Crippen molar-refractivity contribution in [2.24, 2.45) is 17.8 Å². The van der Waals surface area contributed by atoms with Crippen molar-refractivity contribution in [2.45, 2.75) is 57.0 Å². The van der Waals surface area contributed by atoms with E-state index in [1.165, 1.54) is 38.5 Å². The lowest BCUT2D eigenvalue weighted by atomic mass is 9.53. The molecule has 6 heteroatoms. The first kappa shape index (κ1) is 17.0. The number of hydrogen-bond donors (Lipinski definition) is 1. The van der Waals surface area contributed by atoms with Crippen LogP contribution in [0.1, 0.15) is 45.4 Å². The molecule has 0 radical (unpaired) electrons. The topological polar surface area (TPSA) is 48.5 Å². The summed E-state index contributed by atoms with van der Waals surface area (Å²) in [5.41, 5.74) is 0.128. The highest BCUT2D eigenvalue weighted by Gasteiger charge is 2.51. The van der Waals surface area contributed by atoms with Crippen LogP contribution in [-0.4, -0.2) is 53.6 Å².